The van der Waals surface area contributed by atoms with Gasteiger partial charge in [0, 0.05) is 37.8 Å². The molecule has 2 unspecified atom stereocenters. The van der Waals surface area contributed by atoms with Crippen molar-refractivity contribution in [3.05, 3.63) is 54.2 Å². The van der Waals surface area contributed by atoms with Crippen LogP contribution in [0.3, 0.4) is 0 Å². The zero-order chi connectivity index (χ0) is 24.6. The Morgan fingerprint density at radius 1 is 1.11 bits per heavy atom. The van der Waals surface area contributed by atoms with Crippen LogP contribution in [-0.4, -0.2) is 70.1 Å². The summed E-state index contributed by atoms with van der Waals surface area (Å²) in [5.74, 6) is 0.924. The molecular weight excluding hydrogens is 461 g/mol. The molecule has 2 N–H and O–H groups in total. The van der Waals surface area contributed by atoms with E-state index in [0.29, 0.717) is 48.1 Å². The van der Waals surface area contributed by atoms with E-state index in [-0.39, 0.29) is 24.7 Å². The van der Waals surface area contributed by atoms with Crippen molar-refractivity contribution in [1.82, 2.24) is 24.5 Å². The Balaban J connectivity index is 1.56. The lowest BCUT2D eigenvalue weighted by molar-refractivity contribution is -0.183. The van der Waals surface area contributed by atoms with Gasteiger partial charge < -0.3 is 15.2 Å². The highest BCUT2D eigenvalue weighted by Gasteiger charge is 2.46. The summed E-state index contributed by atoms with van der Waals surface area (Å²) in [4.78, 5) is 6.10. The Hall–Kier alpha value is -3.28. The lowest BCUT2D eigenvalue weighted by Crippen LogP contribution is -2.38. The standard InChI is InChI=1S/C24H25F3N6O2/c1-34-11-12-35-19-4-2-3-15-5-7-18(29-21(15)19)23-31-30-20-8-6-16(13-33(20)23)22(24(25,26)27)32-10-9-17(28)14-32/h2-8,13,17,22H,9-12,14,28H2,1H3. The highest BCUT2D eigenvalue weighted by molar-refractivity contribution is 5.86. The first-order valence-electron chi connectivity index (χ1n) is 11.3. The van der Waals surface area contributed by atoms with Crippen LogP contribution in [0, 0.1) is 0 Å². The van der Waals surface area contributed by atoms with Gasteiger partial charge in [0.25, 0.3) is 0 Å². The number of methoxy groups -OCH3 is 1. The van der Waals surface area contributed by atoms with Gasteiger partial charge in [-0.3, -0.25) is 9.30 Å². The van der Waals surface area contributed by atoms with E-state index < -0.39 is 12.2 Å². The number of alkyl halides is 3. The first kappa shape index (κ1) is 23.5. The summed E-state index contributed by atoms with van der Waals surface area (Å²) >= 11 is 0. The van der Waals surface area contributed by atoms with Gasteiger partial charge in [-0.2, -0.15) is 13.2 Å². The molecule has 4 aromatic rings. The number of hydrogen-bond donors (Lipinski definition) is 1. The van der Waals surface area contributed by atoms with Gasteiger partial charge in [-0.15, -0.1) is 10.2 Å². The number of nitrogens with two attached hydrogens (primary N) is 1. The van der Waals surface area contributed by atoms with Crippen molar-refractivity contribution in [3.8, 4) is 17.3 Å². The molecule has 0 amide bonds. The third kappa shape index (κ3) is 4.66. The average Bonchev–Trinajstić information content (AvgIpc) is 3.44. The quantitative estimate of drug-likeness (QED) is 0.399. The minimum absolute atomic E-state index is 0.101. The number of para-hydroxylation sites is 1. The van der Waals surface area contributed by atoms with E-state index in [1.165, 1.54) is 17.2 Å². The van der Waals surface area contributed by atoms with Gasteiger partial charge in [0.05, 0.1) is 6.61 Å². The van der Waals surface area contributed by atoms with E-state index >= 15 is 0 Å². The summed E-state index contributed by atoms with van der Waals surface area (Å²) in [6.45, 7) is 1.26. The number of hydrogen-bond acceptors (Lipinski definition) is 7. The molecule has 35 heavy (non-hydrogen) atoms. The molecule has 3 aromatic heterocycles. The summed E-state index contributed by atoms with van der Waals surface area (Å²) in [5.41, 5.74) is 7.51. The van der Waals surface area contributed by atoms with Crippen LogP contribution in [0.25, 0.3) is 28.1 Å². The molecule has 184 valence electrons. The predicted molar refractivity (Wildman–Crippen MR) is 124 cm³/mol. The fourth-order valence-corrected chi connectivity index (χ4v) is 4.50. The van der Waals surface area contributed by atoms with Crippen molar-refractivity contribution in [3.63, 3.8) is 0 Å². The number of ether oxygens (including phenoxy) is 2. The minimum Gasteiger partial charge on any atom is -0.489 e. The van der Waals surface area contributed by atoms with E-state index in [4.69, 9.17) is 20.2 Å². The number of likely N-dealkylation sites (tertiary alicyclic amines) is 1. The lowest BCUT2D eigenvalue weighted by atomic mass is 10.1. The molecule has 0 radical (unpaired) electrons. The topological polar surface area (TPSA) is 90.8 Å². The zero-order valence-corrected chi connectivity index (χ0v) is 19.1. The first-order valence-corrected chi connectivity index (χ1v) is 11.3. The second-order valence-corrected chi connectivity index (χ2v) is 8.57. The Morgan fingerprint density at radius 2 is 1.97 bits per heavy atom. The molecule has 1 fully saturated rings. The monoisotopic (exact) mass is 486 g/mol. The second-order valence-electron chi connectivity index (χ2n) is 8.57. The van der Waals surface area contributed by atoms with Gasteiger partial charge >= 0.3 is 6.18 Å². The third-order valence-electron chi connectivity index (χ3n) is 6.13. The highest BCUT2D eigenvalue weighted by Crippen LogP contribution is 2.39. The molecule has 5 rings (SSSR count). The molecule has 0 spiro atoms. The van der Waals surface area contributed by atoms with Crippen LogP contribution in [0.5, 0.6) is 5.75 Å². The molecule has 1 aliphatic rings. The van der Waals surface area contributed by atoms with Crippen LogP contribution in [-0.2, 0) is 4.74 Å². The molecule has 0 saturated carbocycles. The summed E-state index contributed by atoms with van der Waals surface area (Å²) in [6.07, 6.45) is -2.48. The lowest BCUT2D eigenvalue weighted by Gasteiger charge is -2.30. The van der Waals surface area contributed by atoms with E-state index in [0.717, 1.165) is 5.39 Å². The van der Waals surface area contributed by atoms with E-state index in [2.05, 4.69) is 10.2 Å². The zero-order valence-electron chi connectivity index (χ0n) is 19.1. The maximum Gasteiger partial charge on any atom is 0.408 e. The molecule has 11 heteroatoms. The molecule has 1 aromatic carbocycles. The Bertz CT molecular complexity index is 1340. The fraction of sp³-hybridized carbons (Fsp3) is 0.375. The van der Waals surface area contributed by atoms with Gasteiger partial charge in [-0.05, 0) is 30.2 Å². The number of pyridine rings is 2. The Labute approximate surface area is 199 Å². The number of rotatable bonds is 7. The fourth-order valence-electron chi connectivity index (χ4n) is 4.50. The summed E-state index contributed by atoms with van der Waals surface area (Å²) in [5, 5.41) is 9.23. The van der Waals surface area contributed by atoms with Crippen LogP contribution in [0.2, 0.25) is 0 Å². The van der Waals surface area contributed by atoms with Crippen molar-refractivity contribution in [1.29, 1.82) is 0 Å². The molecule has 1 aliphatic heterocycles. The predicted octanol–water partition coefficient (Wildman–Crippen LogP) is 3.61. The van der Waals surface area contributed by atoms with E-state index in [1.807, 2.05) is 24.3 Å². The van der Waals surface area contributed by atoms with Crippen molar-refractivity contribution in [2.45, 2.75) is 24.7 Å². The first-order chi connectivity index (χ1) is 16.8. The maximum absolute atomic E-state index is 14.1. The van der Waals surface area contributed by atoms with Crippen molar-refractivity contribution in [2.75, 3.05) is 33.4 Å². The average molecular weight is 486 g/mol. The number of aromatic nitrogens is 4. The largest absolute Gasteiger partial charge is 0.489 e. The number of benzene rings is 1. The van der Waals surface area contributed by atoms with E-state index in [9.17, 15) is 13.2 Å². The van der Waals surface area contributed by atoms with Gasteiger partial charge in [0.2, 0.25) is 0 Å². The third-order valence-corrected chi connectivity index (χ3v) is 6.13. The number of halogens is 3. The normalized spacial score (nSPS) is 17.9. The number of fused-ring (bicyclic) bond motifs is 2. The smallest absolute Gasteiger partial charge is 0.408 e. The van der Waals surface area contributed by atoms with E-state index in [1.54, 1.807) is 23.6 Å². The molecule has 0 aliphatic carbocycles. The van der Waals surface area contributed by atoms with Gasteiger partial charge in [0.15, 0.2) is 11.5 Å². The SMILES string of the molecule is COCCOc1cccc2ccc(-c3nnc4ccc(C(N5CCC(N)C5)C(F)(F)F)cn34)nc12. The Kier molecular flexibility index (Phi) is 6.30. The molecule has 8 nitrogen and oxygen atoms in total. The minimum atomic E-state index is -4.46. The van der Waals surface area contributed by atoms with Crippen LogP contribution < -0.4 is 10.5 Å². The number of nitrogens with zero attached hydrogens (tertiary/aromatic N) is 5. The highest BCUT2D eigenvalue weighted by atomic mass is 19.4. The molecule has 2 atom stereocenters. The van der Waals surface area contributed by atoms with Crippen LogP contribution >= 0.6 is 0 Å². The van der Waals surface area contributed by atoms with Crippen molar-refractivity contribution < 1.29 is 22.6 Å². The van der Waals surface area contributed by atoms with Gasteiger partial charge in [-0.1, -0.05) is 24.3 Å². The Morgan fingerprint density at radius 3 is 2.71 bits per heavy atom. The van der Waals surface area contributed by atoms with Gasteiger partial charge in [0.1, 0.15) is 29.6 Å². The second kappa shape index (κ2) is 9.40. The molecule has 0 bridgehead atoms. The summed E-state index contributed by atoms with van der Waals surface area (Å²) in [6, 6.07) is 10.2. The van der Waals surface area contributed by atoms with Crippen LogP contribution in [0.4, 0.5) is 13.2 Å². The summed E-state index contributed by atoms with van der Waals surface area (Å²) in [7, 11) is 1.59. The molecule has 4 heterocycles. The molecular formula is C24H25F3N6O2. The van der Waals surface area contributed by atoms with Crippen molar-refractivity contribution in [2.24, 2.45) is 5.73 Å². The van der Waals surface area contributed by atoms with Gasteiger partial charge in [-0.25, -0.2) is 4.98 Å². The summed E-state index contributed by atoms with van der Waals surface area (Å²) < 4.78 is 54.8. The molecule has 1 saturated heterocycles. The van der Waals surface area contributed by atoms with Crippen LogP contribution in [0.1, 0.15) is 18.0 Å². The van der Waals surface area contributed by atoms with Crippen molar-refractivity contribution >= 4 is 16.6 Å². The maximum atomic E-state index is 14.1. The van der Waals surface area contributed by atoms with Crippen LogP contribution in [0.15, 0.2) is 48.7 Å².